The minimum Gasteiger partial charge on any atom is -0.493 e. The standard InChI is InChI=1S/C17H14N2O2S/c20-14-11-15(21)19-17(18-14)22-16(12-7-3-1-4-8-12)13-9-5-2-6-10-13/h1-11,16H,(H2,18,19,20,21). The molecule has 1 heterocycles. The fourth-order valence-electron chi connectivity index (χ4n) is 2.17. The average Bonchev–Trinajstić information content (AvgIpc) is 2.53. The summed E-state index contributed by atoms with van der Waals surface area (Å²) < 4.78 is 0. The molecule has 0 spiro atoms. The van der Waals surface area contributed by atoms with Gasteiger partial charge in [0.1, 0.15) is 0 Å². The summed E-state index contributed by atoms with van der Waals surface area (Å²) in [5, 5.41) is 9.87. The molecule has 0 bridgehead atoms. The first-order valence-electron chi connectivity index (χ1n) is 6.79. The average molecular weight is 310 g/mol. The molecule has 3 rings (SSSR count). The number of hydrogen-bond donors (Lipinski definition) is 2. The summed E-state index contributed by atoms with van der Waals surface area (Å²) in [6.45, 7) is 0. The van der Waals surface area contributed by atoms with Crippen LogP contribution in [0.1, 0.15) is 16.4 Å². The van der Waals surface area contributed by atoms with E-state index in [1.807, 2.05) is 60.7 Å². The van der Waals surface area contributed by atoms with Crippen LogP contribution in [0, 0.1) is 0 Å². The van der Waals surface area contributed by atoms with E-state index in [2.05, 4.69) is 9.97 Å². The first-order valence-corrected chi connectivity index (χ1v) is 7.67. The van der Waals surface area contributed by atoms with Crippen LogP contribution in [0.5, 0.6) is 5.88 Å². The van der Waals surface area contributed by atoms with Gasteiger partial charge in [-0.1, -0.05) is 72.4 Å². The van der Waals surface area contributed by atoms with Gasteiger partial charge in [0.2, 0.25) is 5.88 Å². The largest absolute Gasteiger partial charge is 0.493 e. The second kappa shape index (κ2) is 6.49. The third kappa shape index (κ3) is 3.38. The number of hydrogen-bond acceptors (Lipinski definition) is 4. The summed E-state index contributed by atoms with van der Waals surface area (Å²) in [6.07, 6.45) is 0. The van der Waals surface area contributed by atoms with E-state index in [9.17, 15) is 9.90 Å². The zero-order valence-electron chi connectivity index (χ0n) is 11.6. The lowest BCUT2D eigenvalue weighted by molar-refractivity contribution is 0.444. The van der Waals surface area contributed by atoms with Crippen LogP contribution in [0.3, 0.4) is 0 Å². The monoisotopic (exact) mass is 310 g/mol. The van der Waals surface area contributed by atoms with Gasteiger partial charge in [-0.05, 0) is 11.1 Å². The molecule has 0 saturated carbocycles. The fourth-order valence-corrected chi connectivity index (χ4v) is 3.29. The number of benzene rings is 2. The highest BCUT2D eigenvalue weighted by atomic mass is 32.2. The molecular formula is C17H14N2O2S. The molecule has 5 heteroatoms. The summed E-state index contributed by atoms with van der Waals surface area (Å²) in [6, 6.07) is 21.0. The third-order valence-electron chi connectivity index (χ3n) is 3.14. The van der Waals surface area contributed by atoms with Crippen molar-refractivity contribution < 1.29 is 5.11 Å². The Morgan fingerprint density at radius 2 is 1.50 bits per heavy atom. The van der Waals surface area contributed by atoms with Crippen LogP contribution in [0.15, 0.2) is 76.7 Å². The highest BCUT2D eigenvalue weighted by Crippen LogP contribution is 2.38. The maximum absolute atomic E-state index is 11.5. The quantitative estimate of drug-likeness (QED) is 0.573. The van der Waals surface area contributed by atoms with Crippen LogP contribution < -0.4 is 5.56 Å². The molecule has 0 aliphatic carbocycles. The second-order valence-electron chi connectivity index (χ2n) is 4.73. The van der Waals surface area contributed by atoms with E-state index >= 15 is 0 Å². The number of nitrogens with one attached hydrogen (secondary N) is 1. The van der Waals surface area contributed by atoms with E-state index in [1.165, 1.54) is 11.8 Å². The van der Waals surface area contributed by atoms with Crippen LogP contribution in [0.4, 0.5) is 0 Å². The van der Waals surface area contributed by atoms with Gasteiger partial charge < -0.3 is 10.1 Å². The van der Waals surface area contributed by atoms with E-state index in [4.69, 9.17) is 0 Å². The molecule has 22 heavy (non-hydrogen) atoms. The Morgan fingerprint density at radius 1 is 0.955 bits per heavy atom. The van der Waals surface area contributed by atoms with Crippen molar-refractivity contribution in [2.24, 2.45) is 0 Å². The number of nitrogens with zero attached hydrogens (tertiary/aromatic N) is 1. The van der Waals surface area contributed by atoms with E-state index in [0.717, 1.165) is 17.2 Å². The molecule has 0 unspecified atom stereocenters. The van der Waals surface area contributed by atoms with Gasteiger partial charge in [-0.25, -0.2) is 0 Å². The Labute approximate surface area is 131 Å². The van der Waals surface area contributed by atoms with Crippen molar-refractivity contribution in [1.82, 2.24) is 9.97 Å². The lowest BCUT2D eigenvalue weighted by Gasteiger charge is -2.16. The zero-order chi connectivity index (χ0) is 15.4. The zero-order valence-corrected chi connectivity index (χ0v) is 12.5. The van der Waals surface area contributed by atoms with E-state index in [0.29, 0.717) is 5.16 Å². The lowest BCUT2D eigenvalue weighted by atomic mass is 10.0. The molecule has 0 fully saturated rings. The number of thioether (sulfide) groups is 1. The number of aromatic amines is 1. The summed E-state index contributed by atoms with van der Waals surface area (Å²) in [5.74, 6) is -0.272. The van der Waals surface area contributed by atoms with Crippen molar-refractivity contribution in [1.29, 1.82) is 0 Å². The highest BCUT2D eigenvalue weighted by Gasteiger charge is 2.17. The summed E-state index contributed by atoms with van der Waals surface area (Å²) >= 11 is 1.40. The van der Waals surface area contributed by atoms with Gasteiger partial charge >= 0.3 is 0 Å². The molecule has 0 atom stereocenters. The molecule has 2 N–H and O–H groups in total. The van der Waals surface area contributed by atoms with Crippen LogP contribution in [0.25, 0.3) is 0 Å². The van der Waals surface area contributed by atoms with Gasteiger partial charge in [0.05, 0.1) is 11.3 Å². The number of rotatable bonds is 4. The van der Waals surface area contributed by atoms with E-state index < -0.39 is 0 Å². The Bertz CT molecular complexity index is 764. The minimum atomic E-state index is -0.366. The van der Waals surface area contributed by atoms with Gasteiger partial charge in [0, 0.05) is 0 Å². The van der Waals surface area contributed by atoms with Crippen LogP contribution in [0.2, 0.25) is 0 Å². The van der Waals surface area contributed by atoms with E-state index in [1.54, 1.807) is 0 Å². The minimum absolute atomic E-state index is 0.0210. The normalized spacial score (nSPS) is 10.8. The van der Waals surface area contributed by atoms with Crippen molar-refractivity contribution in [3.8, 4) is 5.88 Å². The van der Waals surface area contributed by atoms with Gasteiger partial charge in [-0.2, -0.15) is 4.98 Å². The van der Waals surface area contributed by atoms with E-state index in [-0.39, 0.29) is 16.7 Å². The van der Waals surface area contributed by atoms with Gasteiger partial charge in [-0.3, -0.25) is 4.79 Å². The lowest BCUT2D eigenvalue weighted by Crippen LogP contribution is -2.07. The molecule has 2 aromatic carbocycles. The highest BCUT2D eigenvalue weighted by molar-refractivity contribution is 7.99. The molecular weight excluding hydrogens is 296 g/mol. The first kappa shape index (κ1) is 14.4. The summed E-state index contributed by atoms with van der Waals surface area (Å²) in [7, 11) is 0. The molecule has 0 saturated heterocycles. The first-order chi connectivity index (χ1) is 10.7. The predicted molar refractivity (Wildman–Crippen MR) is 87.1 cm³/mol. The van der Waals surface area contributed by atoms with Crippen molar-refractivity contribution in [2.75, 3.05) is 0 Å². The third-order valence-corrected chi connectivity index (χ3v) is 4.34. The Hall–Kier alpha value is -2.53. The SMILES string of the molecule is O=c1cc(O)nc(SC(c2ccccc2)c2ccccc2)[nH]1. The summed E-state index contributed by atoms with van der Waals surface area (Å²) in [5.41, 5.74) is 1.84. The van der Waals surface area contributed by atoms with Gasteiger partial charge in [0.25, 0.3) is 5.56 Å². The topological polar surface area (TPSA) is 66.0 Å². The van der Waals surface area contributed by atoms with Gasteiger partial charge in [-0.15, -0.1) is 0 Å². The number of aromatic hydroxyl groups is 1. The molecule has 1 aromatic heterocycles. The Morgan fingerprint density at radius 3 is 2.00 bits per heavy atom. The van der Waals surface area contributed by atoms with Crippen LogP contribution in [-0.4, -0.2) is 15.1 Å². The van der Waals surface area contributed by atoms with Crippen LogP contribution in [-0.2, 0) is 0 Å². The molecule has 0 aliphatic heterocycles. The predicted octanol–water partition coefficient (Wildman–Crippen LogP) is 3.36. The Balaban J connectivity index is 2.01. The smallest absolute Gasteiger partial charge is 0.255 e. The fraction of sp³-hybridized carbons (Fsp3) is 0.0588. The molecule has 3 aromatic rings. The number of aromatic nitrogens is 2. The molecule has 0 radical (unpaired) electrons. The maximum Gasteiger partial charge on any atom is 0.255 e. The second-order valence-corrected chi connectivity index (χ2v) is 5.82. The van der Waals surface area contributed by atoms with Crippen molar-refractivity contribution in [2.45, 2.75) is 10.4 Å². The molecule has 4 nitrogen and oxygen atoms in total. The number of H-pyrrole nitrogens is 1. The molecule has 0 amide bonds. The van der Waals surface area contributed by atoms with Crippen molar-refractivity contribution in [3.63, 3.8) is 0 Å². The maximum atomic E-state index is 11.5. The molecule has 0 aliphatic rings. The van der Waals surface area contributed by atoms with Crippen molar-refractivity contribution >= 4 is 11.8 Å². The molecule has 110 valence electrons. The van der Waals surface area contributed by atoms with Crippen molar-refractivity contribution in [3.05, 3.63) is 88.2 Å². The summed E-state index contributed by atoms with van der Waals surface area (Å²) in [4.78, 5) is 18.1. The Kier molecular flexibility index (Phi) is 4.25. The van der Waals surface area contributed by atoms with Crippen LogP contribution >= 0.6 is 11.8 Å². The van der Waals surface area contributed by atoms with Gasteiger partial charge in [0.15, 0.2) is 5.16 Å².